The molecule has 22 heavy (non-hydrogen) atoms. The Hall–Kier alpha value is -2.35. The topological polar surface area (TPSA) is 73.1 Å². The van der Waals surface area contributed by atoms with Crippen LogP contribution >= 0.6 is 11.6 Å². The lowest BCUT2D eigenvalue weighted by atomic mass is 10.1. The fourth-order valence-electron chi connectivity index (χ4n) is 2.13. The molecule has 2 aromatic carbocycles. The number of Topliss-reactive ketones (excluding diaryl/α,β-unsaturated/α-hetero) is 1. The fraction of sp³-hybridized carbons (Fsp3) is 0.176. The van der Waals surface area contributed by atoms with E-state index in [0.29, 0.717) is 27.4 Å². The van der Waals surface area contributed by atoms with Gasteiger partial charge in [0.2, 0.25) is 0 Å². The second kappa shape index (κ2) is 7.08. The molecule has 0 saturated carbocycles. The van der Waals surface area contributed by atoms with E-state index in [2.05, 4.69) is 5.32 Å². The molecule has 0 aromatic heterocycles. The summed E-state index contributed by atoms with van der Waals surface area (Å²) in [5, 5.41) is 22.7. The van der Waals surface area contributed by atoms with Crippen LogP contribution in [0.15, 0.2) is 42.5 Å². The number of hydrogen-bond donors (Lipinski definition) is 2. The number of rotatable bonds is 5. The Morgan fingerprint density at radius 2 is 2.09 bits per heavy atom. The molecule has 1 unspecified atom stereocenters. The second-order valence-electron chi connectivity index (χ2n) is 4.85. The molecule has 4 nitrogen and oxygen atoms in total. The summed E-state index contributed by atoms with van der Waals surface area (Å²) in [5.41, 5.74) is 2.06. The second-order valence-corrected chi connectivity index (χ2v) is 5.25. The lowest BCUT2D eigenvalue weighted by molar-refractivity contribution is 0.101. The van der Waals surface area contributed by atoms with Crippen LogP contribution in [-0.2, 0) is 0 Å². The smallest absolute Gasteiger partial charge is 0.161 e. The zero-order valence-electron chi connectivity index (χ0n) is 12.0. The molecule has 0 aliphatic heterocycles. The van der Waals surface area contributed by atoms with E-state index in [4.69, 9.17) is 16.9 Å². The van der Waals surface area contributed by atoms with E-state index in [1.807, 2.05) is 6.07 Å². The molecule has 0 bridgehead atoms. The number of benzene rings is 2. The van der Waals surface area contributed by atoms with E-state index >= 15 is 0 Å². The van der Waals surface area contributed by atoms with E-state index < -0.39 is 6.10 Å². The zero-order valence-corrected chi connectivity index (χ0v) is 12.8. The minimum atomic E-state index is -0.820. The van der Waals surface area contributed by atoms with Gasteiger partial charge in [0.05, 0.1) is 17.7 Å². The summed E-state index contributed by atoms with van der Waals surface area (Å²) in [4.78, 5) is 11.6. The van der Waals surface area contributed by atoms with Crippen molar-refractivity contribution in [2.75, 3.05) is 11.9 Å². The van der Waals surface area contributed by atoms with E-state index in [1.54, 1.807) is 42.5 Å². The van der Waals surface area contributed by atoms with Gasteiger partial charge in [0, 0.05) is 28.4 Å². The molecule has 2 aromatic rings. The first-order valence-electron chi connectivity index (χ1n) is 6.74. The quantitative estimate of drug-likeness (QED) is 0.828. The number of anilines is 1. The van der Waals surface area contributed by atoms with Gasteiger partial charge in [0.15, 0.2) is 5.78 Å². The molecule has 0 saturated heterocycles. The number of carbonyl (C=O) groups excluding carboxylic acids is 1. The monoisotopic (exact) mass is 314 g/mol. The molecule has 112 valence electrons. The maximum absolute atomic E-state index is 11.6. The van der Waals surface area contributed by atoms with Gasteiger partial charge in [-0.1, -0.05) is 29.8 Å². The first-order valence-corrected chi connectivity index (χ1v) is 7.12. The third kappa shape index (κ3) is 3.64. The van der Waals surface area contributed by atoms with Gasteiger partial charge in [-0.15, -0.1) is 0 Å². The lowest BCUT2D eigenvalue weighted by Crippen LogP contribution is -2.14. The van der Waals surface area contributed by atoms with Crippen molar-refractivity contribution in [2.45, 2.75) is 13.0 Å². The number of nitrogens with zero attached hydrogens (tertiary/aromatic N) is 1. The number of aliphatic hydroxyl groups excluding tert-OH is 1. The number of carbonyl (C=O) groups is 1. The molecule has 2 N–H and O–H groups in total. The molecule has 0 fully saturated rings. The van der Waals surface area contributed by atoms with Gasteiger partial charge >= 0.3 is 0 Å². The zero-order chi connectivity index (χ0) is 16.1. The summed E-state index contributed by atoms with van der Waals surface area (Å²) in [6.45, 7) is 1.63. The first kappa shape index (κ1) is 16.0. The summed E-state index contributed by atoms with van der Waals surface area (Å²) >= 11 is 6.05. The van der Waals surface area contributed by atoms with Crippen molar-refractivity contribution >= 4 is 23.1 Å². The summed E-state index contributed by atoms with van der Waals surface area (Å²) in [6, 6.07) is 13.8. The fourth-order valence-corrected chi connectivity index (χ4v) is 2.39. The highest BCUT2D eigenvalue weighted by molar-refractivity contribution is 6.31. The van der Waals surface area contributed by atoms with Crippen molar-refractivity contribution in [3.63, 3.8) is 0 Å². The summed E-state index contributed by atoms with van der Waals surface area (Å²) in [6.07, 6.45) is -0.820. The van der Waals surface area contributed by atoms with Crippen LogP contribution in [0.1, 0.15) is 34.5 Å². The molecule has 0 radical (unpaired) electrons. The van der Waals surface area contributed by atoms with Crippen LogP contribution in [0.3, 0.4) is 0 Å². The van der Waals surface area contributed by atoms with Crippen molar-refractivity contribution in [2.24, 2.45) is 0 Å². The molecule has 2 rings (SSSR count). The third-order valence-corrected chi connectivity index (χ3v) is 3.62. The van der Waals surface area contributed by atoms with Crippen molar-refractivity contribution in [3.05, 3.63) is 64.2 Å². The first-order chi connectivity index (χ1) is 10.5. The minimum absolute atomic E-state index is 0.112. The number of halogens is 1. The molecule has 1 atom stereocenters. The Balaban J connectivity index is 2.19. The van der Waals surface area contributed by atoms with Crippen molar-refractivity contribution in [1.29, 1.82) is 5.26 Å². The third-order valence-electron chi connectivity index (χ3n) is 3.28. The van der Waals surface area contributed by atoms with Crippen LogP contribution in [0.25, 0.3) is 0 Å². The van der Waals surface area contributed by atoms with Crippen molar-refractivity contribution < 1.29 is 9.90 Å². The number of hydrogen-bond acceptors (Lipinski definition) is 4. The van der Waals surface area contributed by atoms with E-state index in [1.165, 1.54) is 6.92 Å². The van der Waals surface area contributed by atoms with Gasteiger partial charge in [0.1, 0.15) is 0 Å². The molecule has 0 aliphatic carbocycles. The number of ketones is 1. The highest BCUT2D eigenvalue weighted by Crippen LogP contribution is 2.24. The number of nitriles is 1. The molecule has 0 amide bonds. The molecular formula is C17H15ClN2O2. The Morgan fingerprint density at radius 3 is 2.73 bits per heavy atom. The lowest BCUT2D eigenvalue weighted by Gasteiger charge is -2.16. The van der Waals surface area contributed by atoms with Gasteiger partial charge in [-0.05, 0) is 31.2 Å². The predicted octanol–water partition coefficient (Wildman–Crippen LogP) is 3.56. The SMILES string of the molecule is CC(=O)c1ccc(C#N)cc1NCC(O)c1ccccc1Cl. The van der Waals surface area contributed by atoms with Gasteiger partial charge in [0.25, 0.3) is 0 Å². The Morgan fingerprint density at radius 1 is 1.36 bits per heavy atom. The Labute approximate surface area is 134 Å². The van der Waals surface area contributed by atoms with Crippen LogP contribution in [0.2, 0.25) is 5.02 Å². The number of aliphatic hydroxyl groups is 1. The Kier molecular flexibility index (Phi) is 5.16. The minimum Gasteiger partial charge on any atom is -0.387 e. The maximum Gasteiger partial charge on any atom is 0.161 e. The van der Waals surface area contributed by atoms with Crippen LogP contribution in [0.5, 0.6) is 0 Å². The highest BCUT2D eigenvalue weighted by atomic mass is 35.5. The molecule has 0 spiro atoms. The molecule has 5 heteroatoms. The van der Waals surface area contributed by atoms with Crippen molar-refractivity contribution in [1.82, 2.24) is 0 Å². The van der Waals surface area contributed by atoms with Gasteiger partial charge in [-0.3, -0.25) is 4.79 Å². The average Bonchev–Trinajstić information content (AvgIpc) is 2.52. The predicted molar refractivity (Wildman–Crippen MR) is 86.1 cm³/mol. The van der Waals surface area contributed by atoms with E-state index in [0.717, 1.165) is 0 Å². The standard InChI is InChI=1S/C17H15ClN2O2/c1-11(21)13-7-6-12(9-19)8-16(13)20-10-17(22)14-4-2-3-5-15(14)18/h2-8,17,20,22H,10H2,1H3. The van der Waals surface area contributed by atoms with Crippen LogP contribution in [0.4, 0.5) is 5.69 Å². The van der Waals surface area contributed by atoms with Gasteiger partial charge in [-0.2, -0.15) is 5.26 Å². The number of nitrogens with one attached hydrogen (secondary N) is 1. The van der Waals surface area contributed by atoms with Crippen LogP contribution in [0, 0.1) is 11.3 Å². The van der Waals surface area contributed by atoms with Crippen LogP contribution < -0.4 is 5.32 Å². The highest BCUT2D eigenvalue weighted by Gasteiger charge is 2.13. The largest absolute Gasteiger partial charge is 0.387 e. The molecular weight excluding hydrogens is 300 g/mol. The Bertz CT molecular complexity index is 738. The average molecular weight is 315 g/mol. The van der Waals surface area contributed by atoms with Gasteiger partial charge in [-0.25, -0.2) is 0 Å². The summed E-state index contributed by atoms with van der Waals surface area (Å²) in [7, 11) is 0. The molecule has 0 aliphatic rings. The van der Waals surface area contributed by atoms with Crippen molar-refractivity contribution in [3.8, 4) is 6.07 Å². The molecule has 0 heterocycles. The maximum atomic E-state index is 11.6. The normalized spacial score (nSPS) is 11.5. The van der Waals surface area contributed by atoms with E-state index in [9.17, 15) is 9.90 Å². The van der Waals surface area contributed by atoms with Crippen LogP contribution in [-0.4, -0.2) is 17.4 Å². The van der Waals surface area contributed by atoms with E-state index in [-0.39, 0.29) is 12.3 Å². The van der Waals surface area contributed by atoms with Gasteiger partial charge < -0.3 is 10.4 Å². The summed E-state index contributed by atoms with van der Waals surface area (Å²) < 4.78 is 0. The summed E-state index contributed by atoms with van der Waals surface area (Å²) in [5.74, 6) is -0.112.